The molecule has 5 N–H and O–H groups in total. The first-order chi connectivity index (χ1) is 9.61. The van der Waals surface area contributed by atoms with Crippen molar-refractivity contribution < 1.29 is 4.79 Å². The molecule has 2 aromatic rings. The van der Waals surface area contributed by atoms with Gasteiger partial charge in [0, 0.05) is 18.8 Å². The van der Waals surface area contributed by atoms with Crippen molar-refractivity contribution in [1.29, 1.82) is 0 Å². The molecule has 0 bridgehead atoms. The molecule has 2 aromatic carbocycles. The van der Waals surface area contributed by atoms with Crippen molar-refractivity contribution in [3.05, 3.63) is 64.2 Å². The third-order valence-electron chi connectivity index (χ3n) is 3.06. The summed E-state index contributed by atoms with van der Waals surface area (Å²) in [4.78, 5) is 11.1. The van der Waals surface area contributed by atoms with Crippen LogP contribution in [0.15, 0.2) is 42.5 Å². The van der Waals surface area contributed by atoms with E-state index in [1.54, 1.807) is 18.2 Å². The van der Waals surface area contributed by atoms with Crippen LogP contribution in [0.2, 0.25) is 5.02 Å². The average Bonchev–Trinajstić information content (AvgIpc) is 2.45. The maximum Gasteiger partial charge on any atom is 0.250 e. The van der Waals surface area contributed by atoms with Gasteiger partial charge in [-0.2, -0.15) is 0 Å². The lowest BCUT2D eigenvalue weighted by Crippen LogP contribution is -2.12. The molecule has 20 heavy (non-hydrogen) atoms. The Kier molecular flexibility index (Phi) is 4.61. The topological polar surface area (TPSA) is 81.1 Å². The molecule has 0 spiro atoms. The second-order valence-electron chi connectivity index (χ2n) is 4.39. The molecule has 0 fully saturated rings. The molecule has 0 aliphatic carbocycles. The number of nitrogens with one attached hydrogen (secondary N) is 1. The zero-order chi connectivity index (χ0) is 14.5. The van der Waals surface area contributed by atoms with E-state index < -0.39 is 5.91 Å². The molecule has 0 saturated heterocycles. The number of carbonyl (C=O) groups excluding carboxylic acids is 1. The fourth-order valence-electron chi connectivity index (χ4n) is 1.95. The molecule has 0 unspecified atom stereocenters. The second kappa shape index (κ2) is 6.41. The molecule has 0 aromatic heterocycles. The summed E-state index contributed by atoms with van der Waals surface area (Å²) < 4.78 is 0. The van der Waals surface area contributed by atoms with E-state index in [0.717, 1.165) is 16.8 Å². The lowest BCUT2D eigenvalue weighted by molar-refractivity contribution is 0.100. The third kappa shape index (κ3) is 3.29. The van der Waals surface area contributed by atoms with Gasteiger partial charge in [0.25, 0.3) is 0 Å². The van der Waals surface area contributed by atoms with Crippen LogP contribution in [0, 0.1) is 0 Å². The van der Waals surface area contributed by atoms with E-state index in [4.69, 9.17) is 23.1 Å². The Morgan fingerprint density at radius 3 is 2.45 bits per heavy atom. The van der Waals surface area contributed by atoms with Crippen LogP contribution in [0.5, 0.6) is 0 Å². The Bertz CT molecular complexity index is 628. The Hall–Kier alpha value is -2.04. The molecular weight excluding hydrogens is 274 g/mol. The molecule has 0 aliphatic rings. The van der Waals surface area contributed by atoms with E-state index >= 15 is 0 Å². The number of amides is 1. The molecule has 0 radical (unpaired) electrons. The van der Waals surface area contributed by atoms with Crippen LogP contribution < -0.4 is 16.8 Å². The summed E-state index contributed by atoms with van der Waals surface area (Å²) in [6.07, 6.45) is 0. The molecule has 0 atom stereocenters. The fraction of sp³-hybridized carbons (Fsp3) is 0.133. The Balaban J connectivity index is 2.11. The number of nitrogens with two attached hydrogens (primary N) is 2. The van der Waals surface area contributed by atoms with Crippen LogP contribution in [0.25, 0.3) is 0 Å². The molecule has 104 valence electrons. The number of carbonyl (C=O) groups is 1. The van der Waals surface area contributed by atoms with Gasteiger partial charge in [-0.05, 0) is 29.3 Å². The summed E-state index contributed by atoms with van der Waals surface area (Å²) in [6, 6.07) is 13.0. The van der Waals surface area contributed by atoms with E-state index in [1.165, 1.54) is 0 Å². The summed E-state index contributed by atoms with van der Waals surface area (Å²) in [7, 11) is 0. The Morgan fingerprint density at radius 2 is 1.85 bits per heavy atom. The summed E-state index contributed by atoms with van der Waals surface area (Å²) >= 11 is 6.00. The Labute approximate surface area is 122 Å². The van der Waals surface area contributed by atoms with Gasteiger partial charge in [-0.3, -0.25) is 4.79 Å². The molecule has 4 nitrogen and oxygen atoms in total. The quantitative estimate of drug-likeness (QED) is 0.791. The maximum absolute atomic E-state index is 11.1. The van der Waals surface area contributed by atoms with E-state index in [2.05, 4.69) is 5.32 Å². The van der Waals surface area contributed by atoms with Gasteiger partial charge < -0.3 is 16.8 Å². The number of hydrogen-bond acceptors (Lipinski definition) is 3. The predicted molar refractivity (Wildman–Crippen MR) is 81.6 cm³/mol. The van der Waals surface area contributed by atoms with Crippen LogP contribution in [0.4, 0.5) is 5.69 Å². The maximum atomic E-state index is 11.1. The molecule has 2 rings (SSSR count). The van der Waals surface area contributed by atoms with E-state index in [0.29, 0.717) is 23.7 Å². The van der Waals surface area contributed by atoms with Crippen molar-refractivity contribution in [3.63, 3.8) is 0 Å². The minimum Gasteiger partial charge on any atom is -0.381 e. The van der Waals surface area contributed by atoms with Gasteiger partial charge in [0.1, 0.15) is 0 Å². The second-order valence-corrected chi connectivity index (χ2v) is 4.79. The average molecular weight is 290 g/mol. The SMILES string of the molecule is NCc1ccccc1CNc1ccc(C(N)=O)c(Cl)c1. The minimum absolute atomic E-state index is 0.319. The zero-order valence-electron chi connectivity index (χ0n) is 10.9. The van der Waals surface area contributed by atoms with Crippen molar-refractivity contribution in [3.8, 4) is 0 Å². The number of hydrogen-bond donors (Lipinski definition) is 3. The minimum atomic E-state index is -0.532. The molecule has 1 amide bonds. The first-order valence-electron chi connectivity index (χ1n) is 6.22. The van der Waals surface area contributed by atoms with Crippen LogP contribution >= 0.6 is 11.6 Å². The number of anilines is 1. The molecular formula is C15H16ClN3O. The van der Waals surface area contributed by atoms with Crippen LogP contribution in [0.1, 0.15) is 21.5 Å². The van der Waals surface area contributed by atoms with Gasteiger partial charge in [0.05, 0.1) is 10.6 Å². The van der Waals surface area contributed by atoms with Gasteiger partial charge in [-0.1, -0.05) is 35.9 Å². The van der Waals surface area contributed by atoms with E-state index in [-0.39, 0.29) is 0 Å². The van der Waals surface area contributed by atoms with Crippen molar-refractivity contribution >= 4 is 23.2 Å². The first kappa shape index (κ1) is 14.4. The largest absolute Gasteiger partial charge is 0.381 e. The molecule has 0 aliphatic heterocycles. The van der Waals surface area contributed by atoms with Crippen LogP contribution in [0.3, 0.4) is 0 Å². The molecule has 5 heteroatoms. The lowest BCUT2D eigenvalue weighted by atomic mass is 10.1. The van der Waals surface area contributed by atoms with Gasteiger partial charge in [0.15, 0.2) is 0 Å². The summed E-state index contributed by atoms with van der Waals surface area (Å²) in [5.41, 5.74) is 14.3. The van der Waals surface area contributed by atoms with Crippen LogP contribution in [-0.2, 0) is 13.1 Å². The number of primary amides is 1. The van der Waals surface area contributed by atoms with Crippen molar-refractivity contribution in [2.75, 3.05) is 5.32 Å². The highest BCUT2D eigenvalue weighted by molar-refractivity contribution is 6.34. The van der Waals surface area contributed by atoms with E-state index in [9.17, 15) is 4.79 Å². The summed E-state index contributed by atoms with van der Waals surface area (Å²) in [5, 5.41) is 3.59. The van der Waals surface area contributed by atoms with Crippen molar-refractivity contribution in [2.45, 2.75) is 13.1 Å². The van der Waals surface area contributed by atoms with E-state index in [1.807, 2.05) is 24.3 Å². The monoisotopic (exact) mass is 289 g/mol. The number of halogens is 1. The van der Waals surface area contributed by atoms with Gasteiger partial charge in [-0.15, -0.1) is 0 Å². The molecule has 0 heterocycles. The number of benzene rings is 2. The van der Waals surface area contributed by atoms with Gasteiger partial charge >= 0.3 is 0 Å². The Morgan fingerprint density at radius 1 is 1.15 bits per heavy atom. The van der Waals surface area contributed by atoms with Gasteiger partial charge in [0.2, 0.25) is 5.91 Å². The van der Waals surface area contributed by atoms with Crippen molar-refractivity contribution in [2.24, 2.45) is 11.5 Å². The standard InChI is InChI=1S/C15H16ClN3O/c16-14-7-12(5-6-13(14)15(18)20)19-9-11-4-2-1-3-10(11)8-17/h1-7,19H,8-9,17H2,(H2,18,20). The van der Waals surface area contributed by atoms with Gasteiger partial charge in [-0.25, -0.2) is 0 Å². The third-order valence-corrected chi connectivity index (χ3v) is 3.37. The smallest absolute Gasteiger partial charge is 0.250 e. The highest BCUT2D eigenvalue weighted by atomic mass is 35.5. The summed E-state index contributed by atoms with van der Waals surface area (Å²) in [6.45, 7) is 1.14. The fourth-order valence-corrected chi connectivity index (χ4v) is 2.22. The van der Waals surface area contributed by atoms with Crippen LogP contribution in [-0.4, -0.2) is 5.91 Å². The first-order valence-corrected chi connectivity index (χ1v) is 6.59. The van der Waals surface area contributed by atoms with Crippen molar-refractivity contribution in [1.82, 2.24) is 0 Å². The lowest BCUT2D eigenvalue weighted by Gasteiger charge is -2.11. The summed E-state index contributed by atoms with van der Waals surface area (Å²) in [5.74, 6) is -0.532. The molecule has 0 saturated carbocycles. The number of rotatable bonds is 5. The highest BCUT2D eigenvalue weighted by Crippen LogP contribution is 2.21. The highest BCUT2D eigenvalue weighted by Gasteiger charge is 2.07. The zero-order valence-corrected chi connectivity index (χ0v) is 11.7. The normalized spacial score (nSPS) is 10.3. The predicted octanol–water partition coefficient (Wildman–Crippen LogP) is 2.51.